The molecule has 0 radical (unpaired) electrons. The topological polar surface area (TPSA) is 67.9 Å². The maximum atomic E-state index is 13.3. The summed E-state index contributed by atoms with van der Waals surface area (Å²) >= 11 is 3.52. The molecule has 1 atom stereocenters. The first-order valence-corrected chi connectivity index (χ1v) is 12.0. The van der Waals surface area contributed by atoms with Crippen molar-refractivity contribution in [3.05, 3.63) is 58.1 Å². The Balaban J connectivity index is 2.25. The molecule has 0 aliphatic rings. The second-order valence-corrected chi connectivity index (χ2v) is 9.79. The maximum Gasteiger partial charge on any atom is 0.261 e. The van der Waals surface area contributed by atoms with Crippen molar-refractivity contribution in [2.75, 3.05) is 13.7 Å². The molecule has 180 valence electrons. The highest BCUT2D eigenvalue weighted by molar-refractivity contribution is 9.10. The lowest BCUT2D eigenvalue weighted by molar-refractivity contribution is -0.143. The first-order valence-electron chi connectivity index (χ1n) is 11.2. The molecular weight excluding hydrogens is 484 g/mol. The highest BCUT2D eigenvalue weighted by Crippen LogP contribution is 2.26. The van der Waals surface area contributed by atoms with E-state index >= 15 is 0 Å². The van der Waals surface area contributed by atoms with Crippen LogP contribution >= 0.6 is 15.9 Å². The molecule has 0 aliphatic heterocycles. The number of hydrogen-bond acceptors (Lipinski definition) is 4. The smallest absolute Gasteiger partial charge is 0.261 e. The van der Waals surface area contributed by atoms with Crippen molar-refractivity contribution in [3.8, 4) is 11.5 Å². The molecule has 0 saturated heterocycles. The van der Waals surface area contributed by atoms with Crippen molar-refractivity contribution in [2.45, 2.75) is 65.6 Å². The van der Waals surface area contributed by atoms with Crippen LogP contribution in [0.25, 0.3) is 0 Å². The molecule has 2 aromatic carbocycles. The minimum Gasteiger partial charge on any atom is -0.497 e. The lowest BCUT2D eigenvalue weighted by Crippen LogP contribution is -2.54. The monoisotopic (exact) mass is 518 g/mol. The third-order valence-electron chi connectivity index (χ3n) is 5.15. The number of carbonyl (C=O) groups is 2. The normalized spacial score (nSPS) is 12.1. The van der Waals surface area contributed by atoms with Crippen LogP contribution in [0.4, 0.5) is 0 Å². The lowest BCUT2D eigenvalue weighted by Gasteiger charge is -2.33. The second kappa shape index (κ2) is 12.1. The van der Waals surface area contributed by atoms with Crippen molar-refractivity contribution >= 4 is 27.7 Å². The highest BCUT2D eigenvalue weighted by Gasteiger charge is 2.31. The van der Waals surface area contributed by atoms with E-state index in [1.54, 1.807) is 12.0 Å². The number of aryl methyl sites for hydroxylation is 1. The Kier molecular flexibility index (Phi) is 9.77. The van der Waals surface area contributed by atoms with Gasteiger partial charge >= 0.3 is 0 Å². The Hall–Kier alpha value is -2.54. The number of ether oxygens (including phenoxy) is 2. The lowest BCUT2D eigenvalue weighted by atomic mass is 10.1. The summed E-state index contributed by atoms with van der Waals surface area (Å²) in [7, 11) is 1.61. The molecule has 0 aliphatic carbocycles. The third-order valence-corrected chi connectivity index (χ3v) is 5.77. The number of nitrogens with one attached hydrogen (secondary N) is 1. The van der Waals surface area contributed by atoms with E-state index in [1.165, 1.54) is 5.56 Å². The molecule has 6 nitrogen and oxygen atoms in total. The summed E-state index contributed by atoms with van der Waals surface area (Å²) in [5, 5.41) is 3.00. The van der Waals surface area contributed by atoms with E-state index < -0.39 is 11.6 Å². The van der Waals surface area contributed by atoms with Crippen molar-refractivity contribution < 1.29 is 19.1 Å². The summed E-state index contributed by atoms with van der Waals surface area (Å²) < 4.78 is 11.9. The Morgan fingerprint density at radius 2 is 1.70 bits per heavy atom. The number of methoxy groups -OCH3 is 1. The summed E-state index contributed by atoms with van der Waals surface area (Å²) in [4.78, 5) is 28.0. The van der Waals surface area contributed by atoms with Gasteiger partial charge in [0.05, 0.1) is 11.6 Å². The number of rotatable bonds is 10. The van der Waals surface area contributed by atoms with Gasteiger partial charge in [0.25, 0.3) is 5.91 Å². The minimum atomic E-state index is -0.617. The molecular formula is C26H35BrN2O4. The van der Waals surface area contributed by atoms with Crippen LogP contribution in [0.3, 0.4) is 0 Å². The highest BCUT2D eigenvalue weighted by atomic mass is 79.9. The summed E-state index contributed by atoms with van der Waals surface area (Å²) in [6.07, 6.45) is 1.40. The van der Waals surface area contributed by atoms with Crippen LogP contribution in [-0.4, -0.2) is 42.0 Å². The maximum absolute atomic E-state index is 13.3. The van der Waals surface area contributed by atoms with E-state index in [-0.39, 0.29) is 25.0 Å². The van der Waals surface area contributed by atoms with Crippen LogP contribution in [0.15, 0.2) is 46.9 Å². The van der Waals surface area contributed by atoms with Crippen molar-refractivity contribution in [3.63, 3.8) is 0 Å². The van der Waals surface area contributed by atoms with E-state index in [2.05, 4.69) is 28.2 Å². The van der Waals surface area contributed by atoms with Gasteiger partial charge in [0.2, 0.25) is 5.91 Å². The molecule has 2 rings (SSSR count). The molecule has 0 unspecified atom stereocenters. The van der Waals surface area contributed by atoms with Gasteiger partial charge in [0, 0.05) is 12.1 Å². The Labute approximate surface area is 205 Å². The molecule has 0 spiro atoms. The molecule has 0 saturated carbocycles. The van der Waals surface area contributed by atoms with E-state index in [9.17, 15) is 9.59 Å². The van der Waals surface area contributed by atoms with Gasteiger partial charge in [-0.05, 0) is 84.9 Å². The van der Waals surface area contributed by atoms with E-state index in [4.69, 9.17) is 9.47 Å². The number of carbonyl (C=O) groups excluding carboxylic acids is 2. The second-order valence-electron chi connectivity index (χ2n) is 8.94. The van der Waals surface area contributed by atoms with Gasteiger partial charge in [-0.15, -0.1) is 0 Å². The predicted octanol–water partition coefficient (Wildman–Crippen LogP) is 5.12. The van der Waals surface area contributed by atoms with Crippen LogP contribution < -0.4 is 14.8 Å². The molecule has 33 heavy (non-hydrogen) atoms. The van der Waals surface area contributed by atoms with Crippen LogP contribution in [0.5, 0.6) is 11.5 Å². The van der Waals surface area contributed by atoms with Crippen LogP contribution in [0, 0.1) is 0 Å². The Morgan fingerprint density at radius 3 is 2.21 bits per heavy atom. The molecule has 0 fully saturated rings. The quantitative estimate of drug-likeness (QED) is 0.473. The fourth-order valence-electron chi connectivity index (χ4n) is 3.40. The summed E-state index contributed by atoms with van der Waals surface area (Å²) in [5.41, 5.74) is 1.67. The summed E-state index contributed by atoms with van der Waals surface area (Å²) in [6.45, 7) is 9.88. The molecule has 0 bridgehead atoms. The van der Waals surface area contributed by atoms with Crippen LogP contribution in [0.1, 0.15) is 52.2 Å². The first kappa shape index (κ1) is 26.7. The van der Waals surface area contributed by atoms with E-state index in [1.807, 2.05) is 70.2 Å². The van der Waals surface area contributed by atoms with Gasteiger partial charge in [-0.1, -0.05) is 32.0 Å². The van der Waals surface area contributed by atoms with Crippen LogP contribution in [-0.2, 0) is 22.6 Å². The number of benzene rings is 2. The summed E-state index contributed by atoms with van der Waals surface area (Å²) in [6, 6.07) is 12.7. The van der Waals surface area contributed by atoms with Gasteiger partial charge in [-0.3, -0.25) is 9.59 Å². The Bertz CT molecular complexity index is 938. The molecule has 1 N–H and O–H groups in total. The fraction of sp³-hybridized carbons (Fsp3) is 0.462. The number of halogens is 1. The fourth-order valence-corrected chi connectivity index (χ4v) is 3.94. The largest absolute Gasteiger partial charge is 0.497 e. The van der Waals surface area contributed by atoms with E-state index in [0.29, 0.717) is 12.2 Å². The van der Waals surface area contributed by atoms with Gasteiger partial charge in [-0.2, -0.15) is 0 Å². The predicted molar refractivity (Wildman–Crippen MR) is 135 cm³/mol. The van der Waals surface area contributed by atoms with Gasteiger partial charge in [0.1, 0.15) is 17.5 Å². The van der Waals surface area contributed by atoms with Crippen molar-refractivity contribution in [1.29, 1.82) is 0 Å². The molecule has 0 aromatic heterocycles. The van der Waals surface area contributed by atoms with Gasteiger partial charge in [-0.25, -0.2) is 0 Å². The molecule has 2 aromatic rings. The first-order chi connectivity index (χ1) is 15.6. The number of nitrogens with zero attached hydrogens (tertiary/aromatic N) is 1. The third kappa shape index (κ3) is 8.07. The Morgan fingerprint density at radius 1 is 1.06 bits per heavy atom. The van der Waals surface area contributed by atoms with Crippen molar-refractivity contribution in [1.82, 2.24) is 10.2 Å². The van der Waals surface area contributed by atoms with Gasteiger partial charge < -0.3 is 19.7 Å². The summed E-state index contributed by atoms with van der Waals surface area (Å²) in [5.74, 6) is 0.892. The van der Waals surface area contributed by atoms with E-state index in [0.717, 1.165) is 22.2 Å². The zero-order valence-electron chi connectivity index (χ0n) is 20.4. The SMILES string of the molecule is CCc1ccc(OCC(=O)N(Cc2ccc(OC)cc2)[C@@H](CC)C(=O)NC(C)(C)C)c(Br)c1. The van der Waals surface area contributed by atoms with Crippen molar-refractivity contribution in [2.24, 2.45) is 0 Å². The van der Waals surface area contributed by atoms with Crippen LogP contribution in [0.2, 0.25) is 0 Å². The standard InChI is InChI=1S/C26H35BrN2O4/c1-7-18-11-14-23(21(27)15-18)33-17-24(30)29(16-19-9-12-20(32-6)13-10-19)22(8-2)25(31)28-26(3,4)5/h9-15,22H,7-8,16-17H2,1-6H3,(H,28,31)/t22-/m0/s1. The average Bonchev–Trinajstić information content (AvgIpc) is 2.77. The number of amides is 2. The molecule has 2 amide bonds. The minimum absolute atomic E-state index is 0.167. The molecule has 7 heteroatoms. The average molecular weight is 519 g/mol. The van der Waals surface area contributed by atoms with Gasteiger partial charge in [0.15, 0.2) is 6.61 Å². The zero-order valence-corrected chi connectivity index (χ0v) is 22.0. The number of hydrogen-bond donors (Lipinski definition) is 1. The molecule has 0 heterocycles. The zero-order chi connectivity index (χ0) is 24.6.